The van der Waals surface area contributed by atoms with Gasteiger partial charge in [-0.1, -0.05) is 6.58 Å². The van der Waals surface area contributed by atoms with E-state index in [2.05, 4.69) is 11.3 Å². The van der Waals surface area contributed by atoms with Gasteiger partial charge in [-0.15, -0.1) is 0 Å². The lowest BCUT2D eigenvalue weighted by Crippen LogP contribution is -2.14. The number of nitrogens with zero attached hydrogens (tertiary/aromatic N) is 1. The van der Waals surface area contributed by atoms with Crippen molar-refractivity contribution < 1.29 is 52.0 Å². The van der Waals surface area contributed by atoms with Gasteiger partial charge in [0, 0.05) is 31.1 Å². The number of carbonyl (C=O) groups excluding carboxylic acids is 3. The molecule has 0 bridgehead atoms. The highest BCUT2D eigenvalue weighted by Gasteiger charge is 2.23. The van der Waals surface area contributed by atoms with Crippen LogP contribution in [0, 0.1) is 0 Å². The normalized spacial score (nSPS) is 10.9. The Balaban J connectivity index is 1.64. The van der Waals surface area contributed by atoms with Crippen LogP contribution in [0.25, 0.3) is 0 Å². The van der Waals surface area contributed by atoms with E-state index in [1.165, 1.54) is 24.3 Å². The van der Waals surface area contributed by atoms with Crippen LogP contribution >= 0.6 is 0 Å². The molecule has 2 N–H and O–H groups in total. The molecule has 1 heterocycles. The molecule has 0 aliphatic heterocycles. The Morgan fingerprint density at radius 1 is 0.829 bits per heavy atom. The molecule has 13 heteroatoms. The molecule has 1 aromatic carbocycles. The maximum Gasteiger partial charge on any atom is 0.330 e. The molecule has 0 aliphatic carbocycles. The lowest BCUT2D eigenvalue weighted by Gasteiger charge is -2.10. The van der Waals surface area contributed by atoms with Crippen molar-refractivity contribution in [1.29, 1.82) is 0 Å². The van der Waals surface area contributed by atoms with Gasteiger partial charge in [0.2, 0.25) is 11.8 Å². The summed E-state index contributed by atoms with van der Waals surface area (Å²) in [6, 6.07) is 7.30. The number of ether oxygens (including phenoxy) is 4. The third-order valence-corrected chi connectivity index (χ3v) is 6.02. The van der Waals surface area contributed by atoms with E-state index in [1.54, 1.807) is 0 Å². The number of rotatable bonds is 14. The molecule has 0 saturated carbocycles. The molecule has 2 rings (SSSR count). The predicted molar refractivity (Wildman–Crippen MR) is 119 cm³/mol. The molecule has 0 aliphatic rings. The van der Waals surface area contributed by atoms with Gasteiger partial charge in [0.15, 0.2) is 0 Å². The van der Waals surface area contributed by atoms with E-state index in [9.17, 15) is 33.0 Å². The van der Waals surface area contributed by atoms with Crippen molar-refractivity contribution >= 4 is 27.9 Å². The van der Waals surface area contributed by atoms with Crippen LogP contribution in [0.4, 0.5) is 0 Å². The average molecular weight is 512 g/mol. The Morgan fingerprint density at radius 3 is 1.89 bits per heavy atom. The quantitative estimate of drug-likeness (QED) is 0.163. The first-order chi connectivity index (χ1) is 16.6. The third-order valence-electron chi connectivity index (χ3n) is 4.29. The number of carbonyl (C=O) groups is 3. The molecule has 0 fully saturated rings. The number of hydrogen-bond acceptors (Lipinski definition) is 11. The second kappa shape index (κ2) is 13.0. The molecule has 0 spiro atoms. The molecule has 0 atom stereocenters. The van der Waals surface area contributed by atoms with Crippen LogP contribution in [0.5, 0.6) is 17.5 Å². The maximum atomic E-state index is 12.5. The van der Waals surface area contributed by atoms with Crippen molar-refractivity contribution in [3.63, 3.8) is 0 Å². The van der Waals surface area contributed by atoms with Crippen molar-refractivity contribution in [2.75, 3.05) is 26.4 Å². The Bertz CT molecular complexity index is 1120. The van der Waals surface area contributed by atoms with Crippen molar-refractivity contribution in [2.45, 2.75) is 24.2 Å². The van der Waals surface area contributed by atoms with Gasteiger partial charge in [0.25, 0.3) is 10.0 Å². The van der Waals surface area contributed by atoms with Crippen LogP contribution in [0.2, 0.25) is 0 Å². The number of benzene rings is 1. The Morgan fingerprint density at radius 2 is 1.34 bits per heavy atom. The van der Waals surface area contributed by atoms with Crippen LogP contribution in [-0.4, -0.2) is 66.9 Å². The Kier molecular flexibility index (Phi) is 10.1. The second-order valence-electron chi connectivity index (χ2n) is 6.81. The first-order valence-electron chi connectivity index (χ1n) is 10.3. The zero-order valence-electron chi connectivity index (χ0n) is 18.6. The monoisotopic (exact) mass is 511 g/mol. The smallest absolute Gasteiger partial charge is 0.330 e. The van der Waals surface area contributed by atoms with Gasteiger partial charge in [-0.25, -0.2) is 13.2 Å². The first-order valence-corrected chi connectivity index (χ1v) is 11.8. The predicted octanol–water partition coefficient (Wildman–Crippen LogP) is 1.50. The number of hydrogen-bond donors (Lipinski definition) is 2. The molecule has 0 unspecified atom stereocenters. The summed E-state index contributed by atoms with van der Waals surface area (Å²) in [6.45, 7) is 2.99. The topological polar surface area (TPSA) is 168 Å². The largest absolute Gasteiger partial charge is 0.494 e. The van der Waals surface area contributed by atoms with Gasteiger partial charge < -0.3 is 29.2 Å². The minimum atomic E-state index is -4.20. The van der Waals surface area contributed by atoms with E-state index >= 15 is 0 Å². The minimum absolute atomic E-state index is 0.00246. The highest BCUT2D eigenvalue weighted by Crippen LogP contribution is 2.28. The van der Waals surface area contributed by atoms with Crippen LogP contribution in [0.15, 0.2) is 53.9 Å². The van der Waals surface area contributed by atoms with E-state index < -0.39 is 39.7 Å². The molecule has 2 aromatic rings. The Labute approximate surface area is 201 Å². The van der Waals surface area contributed by atoms with Gasteiger partial charge in [-0.2, -0.15) is 3.97 Å². The number of aromatic nitrogens is 1. The van der Waals surface area contributed by atoms with Crippen molar-refractivity contribution in [3.8, 4) is 17.5 Å². The first kappa shape index (κ1) is 27.2. The summed E-state index contributed by atoms with van der Waals surface area (Å²) in [5.41, 5.74) is 0. The molecular weight excluding hydrogens is 486 g/mol. The maximum absolute atomic E-state index is 12.5. The molecular formula is C22H25NO11S. The molecule has 190 valence electrons. The summed E-state index contributed by atoms with van der Waals surface area (Å²) < 4.78 is 45.3. The SMILES string of the molecule is C=CC(=O)OCCOC(=O)CCCC(=O)OCCOc1ccc(S(=O)(=O)n2c(O)ccc2O)cc1. The van der Waals surface area contributed by atoms with E-state index in [4.69, 9.17) is 14.2 Å². The highest BCUT2D eigenvalue weighted by molar-refractivity contribution is 7.90. The highest BCUT2D eigenvalue weighted by atomic mass is 32.2. The molecule has 35 heavy (non-hydrogen) atoms. The average Bonchev–Trinajstić information content (AvgIpc) is 3.18. The summed E-state index contributed by atoms with van der Waals surface area (Å²) in [7, 11) is -4.20. The number of esters is 3. The van der Waals surface area contributed by atoms with E-state index in [-0.39, 0.29) is 50.6 Å². The zero-order valence-corrected chi connectivity index (χ0v) is 19.4. The summed E-state index contributed by atoms with van der Waals surface area (Å²) >= 11 is 0. The van der Waals surface area contributed by atoms with Gasteiger partial charge in [-0.3, -0.25) is 9.59 Å². The zero-order chi connectivity index (χ0) is 25.8. The van der Waals surface area contributed by atoms with E-state index in [0.29, 0.717) is 9.72 Å². The molecule has 0 radical (unpaired) electrons. The molecule has 0 saturated heterocycles. The molecule has 12 nitrogen and oxygen atoms in total. The minimum Gasteiger partial charge on any atom is -0.494 e. The fraction of sp³-hybridized carbons (Fsp3) is 0.318. The van der Waals surface area contributed by atoms with E-state index in [0.717, 1.165) is 18.2 Å². The van der Waals surface area contributed by atoms with Crippen LogP contribution in [0.1, 0.15) is 19.3 Å². The Hall–Kier alpha value is -4.00. The molecule has 1 aromatic heterocycles. The lowest BCUT2D eigenvalue weighted by atomic mass is 10.2. The van der Waals surface area contributed by atoms with Crippen molar-refractivity contribution in [3.05, 3.63) is 49.1 Å². The van der Waals surface area contributed by atoms with E-state index in [1.807, 2.05) is 0 Å². The van der Waals surface area contributed by atoms with Crippen LogP contribution in [-0.2, 0) is 38.6 Å². The summed E-state index contributed by atoms with van der Waals surface area (Å²) in [4.78, 5) is 33.9. The van der Waals surface area contributed by atoms with Gasteiger partial charge in [0.05, 0.1) is 4.90 Å². The third kappa shape index (κ3) is 8.37. The lowest BCUT2D eigenvalue weighted by molar-refractivity contribution is -0.150. The fourth-order valence-electron chi connectivity index (χ4n) is 2.65. The summed E-state index contributed by atoms with van der Waals surface area (Å²) in [5, 5.41) is 19.3. The van der Waals surface area contributed by atoms with Crippen LogP contribution < -0.4 is 4.74 Å². The second-order valence-corrected chi connectivity index (χ2v) is 8.59. The van der Waals surface area contributed by atoms with Gasteiger partial charge in [-0.05, 0) is 30.7 Å². The summed E-state index contributed by atoms with van der Waals surface area (Å²) in [6.07, 6.45) is 1.20. The standard InChI is InChI=1S/C22H25NO11S/c1-2-20(26)32-14-15-34-22(28)5-3-4-21(27)33-13-12-31-16-6-8-17(9-7-16)35(29,30)23-18(24)10-11-19(23)25/h2,6-11,24-25H,1,3-5,12-15H2. The fourth-order valence-corrected chi connectivity index (χ4v) is 3.96. The van der Waals surface area contributed by atoms with Gasteiger partial charge >= 0.3 is 17.9 Å². The van der Waals surface area contributed by atoms with Gasteiger partial charge in [0.1, 0.15) is 32.2 Å². The molecule has 0 amide bonds. The summed E-state index contributed by atoms with van der Waals surface area (Å²) in [5.74, 6) is -2.64. The number of aromatic hydroxyl groups is 2. The van der Waals surface area contributed by atoms with Crippen LogP contribution in [0.3, 0.4) is 0 Å². The van der Waals surface area contributed by atoms with Crippen molar-refractivity contribution in [1.82, 2.24) is 3.97 Å². The van der Waals surface area contributed by atoms with Crippen molar-refractivity contribution in [2.24, 2.45) is 0 Å².